The lowest BCUT2D eigenvalue weighted by atomic mass is 9.97. The average Bonchev–Trinajstić information content (AvgIpc) is 3.16. The number of nitrogens with zero attached hydrogens (tertiary/aromatic N) is 4. The summed E-state index contributed by atoms with van der Waals surface area (Å²) >= 11 is 0. The van der Waals surface area contributed by atoms with E-state index in [-0.39, 0.29) is 0 Å². The molecule has 2 rings (SSSR count). The van der Waals surface area contributed by atoms with Crippen molar-refractivity contribution in [2.75, 3.05) is 0 Å². The van der Waals surface area contributed by atoms with Gasteiger partial charge in [0.15, 0.2) is 5.82 Å². The standard InChI is InChI=1S/C15H25N5/c1-4-13-17-14(5-2)20(19-13)10-6-9-15(3,11-16)18-12-7-8-12/h12,18H,4-10H2,1-3H3. The zero-order valence-corrected chi connectivity index (χ0v) is 12.8. The summed E-state index contributed by atoms with van der Waals surface area (Å²) in [6.45, 7) is 7.03. The van der Waals surface area contributed by atoms with E-state index in [0.717, 1.165) is 43.9 Å². The summed E-state index contributed by atoms with van der Waals surface area (Å²) in [6, 6.07) is 2.98. The van der Waals surface area contributed by atoms with Gasteiger partial charge in [-0.3, -0.25) is 5.32 Å². The van der Waals surface area contributed by atoms with E-state index in [1.165, 1.54) is 12.8 Å². The van der Waals surface area contributed by atoms with Crippen LogP contribution in [-0.2, 0) is 19.4 Å². The molecule has 1 saturated carbocycles. The first-order valence-corrected chi connectivity index (χ1v) is 7.71. The Labute approximate surface area is 121 Å². The first-order valence-electron chi connectivity index (χ1n) is 7.71. The van der Waals surface area contributed by atoms with Gasteiger partial charge in [0.2, 0.25) is 0 Å². The predicted octanol–water partition coefficient (Wildman–Crippen LogP) is 2.22. The van der Waals surface area contributed by atoms with Crippen molar-refractivity contribution < 1.29 is 0 Å². The van der Waals surface area contributed by atoms with Crippen molar-refractivity contribution in [1.82, 2.24) is 20.1 Å². The predicted molar refractivity (Wildman–Crippen MR) is 78.2 cm³/mol. The molecule has 1 aromatic rings. The Morgan fingerprint density at radius 1 is 1.40 bits per heavy atom. The molecule has 0 spiro atoms. The van der Waals surface area contributed by atoms with E-state index in [4.69, 9.17) is 0 Å². The fourth-order valence-corrected chi connectivity index (χ4v) is 2.44. The highest BCUT2D eigenvalue weighted by molar-refractivity contribution is 5.07. The van der Waals surface area contributed by atoms with Gasteiger partial charge in [0.25, 0.3) is 0 Å². The third-order valence-electron chi connectivity index (χ3n) is 3.82. The summed E-state index contributed by atoms with van der Waals surface area (Å²) in [6.07, 6.45) is 6.00. The summed E-state index contributed by atoms with van der Waals surface area (Å²) in [5.41, 5.74) is -0.401. The van der Waals surface area contributed by atoms with Crippen LogP contribution in [0.1, 0.15) is 58.1 Å². The van der Waals surface area contributed by atoms with Crippen LogP contribution in [0.25, 0.3) is 0 Å². The van der Waals surface area contributed by atoms with Crippen molar-refractivity contribution in [3.8, 4) is 6.07 Å². The second kappa shape index (κ2) is 6.36. The lowest BCUT2D eigenvalue weighted by Crippen LogP contribution is -2.42. The number of hydrogen-bond donors (Lipinski definition) is 1. The van der Waals surface area contributed by atoms with Gasteiger partial charge in [-0.25, -0.2) is 9.67 Å². The number of hydrogen-bond acceptors (Lipinski definition) is 4. The van der Waals surface area contributed by atoms with Crippen molar-refractivity contribution >= 4 is 0 Å². The monoisotopic (exact) mass is 275 g/mol. The molecule has 0 amide bonds. The largest absolute Gasteiger partial charge is 0.297 e. The van der Waals surface area contributed by atoms with E-state index in [1.807, 2.05) is 11.6 Å². The molecule has 5 heteroatoms. The molecule has 1 fully saturated rings. The van der Waals surface area contributed by atoms with Crippen LogP contribution in [0.5, 0.6) is 0 Å². The van der Waals surface area contributed by atoms with Gasteiger partial charge in [-0.2, -0.15) is 10.4 Å². The second-order valence-corrected chi connectivity index (χ2v) is 5.84. The van der Waals surface area contributed by atoms with Crippen LogP contribution in [0.3, 0.4) is 0 Å². The highest BCUT2D eigenvalue weighted by atomic mass is 15.3. The molecule has 0 aliphatic heterocycles. The lowest BCUT2D eigenvalue weighted by Gasteiger charge is -2.23. The molecule has 0 radical (unpaired) electrons. The van der Waals surface area contributed by atoms with Gasteiger partial charge in [0.1, 0.15) is 11.4 Å². The first kappa shape index (κ1) is 15.0. The molecule has 0 bridgehead atoms. The molecule has 0 saturated heterocycles. The smallest absolute Gasteiger partial charge is 0.150 e. The molecular formula is C15H25N5. The van der Waals surface area contributed by atoms with Crippen LogP contribution in [0, 0.1) is 11.3 Å². The molecule has 1 aliphatic carbocycles. The Hall–Kier alpha value is -1.41. The number of aryl methyl sites for hydroxylation is 3. The number of nitrogens with one attached hydrogen (secondary N) is 1. The van der Waals surface area contributed by atoms with Gasteiger partial charge >= 0.3 is 0 Å². The molecule has 20 heavy (non-hydrogen) atoms. The van der Waals surface area contributed by atoms with Crippen LogP contribution in [0.4, 0.5) is 0 Å². The zero-order chi connectivity index (χ0) is 14.6. The zero-order valence-electron chi connectivity index (χ0n) is 12.8. The van der Waals surface area contributed by atoms with Crippen LogP contribution < -0.4 is 5.32 Å². The fourth-order valence-electron chi connectivity index (χ4n) is 2.44. The minimum Gasteiger partial charge on any atom is -0.297 e. The minimum absolute atomic E-state index is 0.401. The van der Waals surface area contributed by atoms with Crippen LogP contribution in [-0.4, -0.2) is 26.3 Å². The van der Waals surface area contributed by atoms with Gasteiger partial charge in [0.05, 0.1) is 6.07 Å². The average molecular weight is 275 g/mol. The van der Waals surface area contributed by atoms with Gasteiger partial charge < -0.3 is 0 Å². The van der Waals surface area contributed by atoms with Gasteiger partial charge in [-0.1, -0.05) is 13.8 Å². The maximum atomic E-state index is 9.35. The Kier molecular flexibility index (Phi) is 4.77. The lowest BCUT2D eigenvalue weighted by molar-refractivity contribution is 0.383. The second-order valence-electron chi connectivity index (χ2n) is 5.84. The molecule has 1 atom stereocenters. The van der Waals surface area contributed by atoms with Crippen molar-refractivity contribution in [3.63, 3.8) is 0 Å². The Bertz CT molecular complexity index is 483. The molecule has 110 valence electrons. The highest BCUT2D eigenvalue weighted by Crippen LogP contribution is 2.24. The van der Waals surface area contributed by atoms with E-state index in [9.17, 15) is 5.26 Å². The van der Waals surface area contributed by atoms with E-state index in [0.29, 0.717) is 6.04 Å². The normalized spacial score (nSPS) is 17.7. The molecule has 1 unspecified atom stereocenters. The first-order chi connectivity index (χ1) is 9.60. The summed E-state index contributed by atoms with van der Waals surface area (Å²) in [4.78, 5) is 4.51. The summed E-state index contributed by atoms with van der Waals surface area (Å²) in [5.74, 6) is 1.97. The fraction of sp³-hybridized carbons (Fsp3) is 0.800. The molecule has 1 aliphatic rings. The van der Waals surface area contributed by atoms with Crippen LogP contribution >= 0.6 is 0 Å². The van der Waals surface area contributed by atoms with Gasteiger partial charge in [-0.05, 0) is 32.6 Å². The molecule has 1 aromatic heterocycles. The van der Waals surface area contributed by atoms with E-state index >= 15 is 0 Å². The third kappa shape index (κ3) is 3.80. The molecule has 1 N–H and O–H groups in total. The van der Waals surface area contributed by atoms with E-state index in [2.05, 4.69) is 35.3 Å². The number of rotatable bonds is 8. The van der Waals surface area contributed by atoms with Gasteiger partial charge in [-0.15, -0.1) is 0 Å². The third-order valence-corrected chi connectivity index (χ3v) is 3.82. The summed E-state index contributed by atoms with van der Waals surface area (Å²) in [5, 5.41) is 17.3. The van der Waals surface area contributed by atoms with Crippen LogP contribution in [0.15, 0.2) is 0 Å². The highest BCUT2D eigenvalue weighted by Gasteiger charge is 2.32. The molecular weight excluding hydrogens is 250 g/mol. The molecule has 1 heterocycles. The van der Waals surface area contributed by atoms with Crippen LogP contribution in [0.2, 0.25) is 0 Å². The van der Waals surface area contributed by atoms with Crippen molar-refractivity contribution in [1.29, 1.82) is 5.26 Å². The quantitative estimate of drug-likeness (QED) is 0.790. The maximum Gasteiger partial charge on any atom is 0.150 e. The topological polar surface area (TPSA) is 66.5 Å². The Balaban J connectivity index is 1.88. The Morgan fingerprint density at radius 3 is 2.70 bits per heavy atom. The molecule has 5 nitrogen and oxygen atoms in total. The molecule has 0 aromatic carbocycles. The minimum atomic E-state index is -0.401. The van der Waals surface area contributed by atoms with E-state index in [1.54, 1.807) is 0 Å². The summed E-state index contributed by atoms with van der Waals surface area (Å²) in [7, 11) is 0. The van der Waals surface area contributed by atoms with E-state index < -0.39 is 5.54 Å². The summed E-state index contributed by atoms with van der Waals surface area (Å²) < 4.78 is 2.01. The van der Waals surface area contributed by atoms with Crippen molar-refractivity contribution in [3.05, 3.63) is 11.6 Å². The Morgan fingerprint density at radius 2 is 2.15 bits per heavy atom. The number of nitriles is 1. The van der Waals surface area contributed by atoms with Crippen molar-refractivity contribution in [2.45, 2.75) is 77.4 Å². The van der Waals surface area contributed by atoms with Gasteiger partial charge in [0, 0.05) is 25.4 Å². The SMILES string of the molecule is CCc1nc(CC)n(CCCC(C)(C#N)NC2CC2)n1. The maximum absolute atomic E-state index is 9.35. The van der Waals surface area contributed by atoms with Crippen molar-refractivity contribution in [2.24, 2.45) is 0 Å². The number of aromatic nitrogens is 3.